The predicted octanol–water partition coefficient (Wildman–Crippen LogP) is 2.28. The summed E-state index contributed by atoms with van der Waals surface area (Å²) in [5.74, 6) is -0.627. The molecule has 4 N–H and O–H groups in total. The molecule has 1 aromatic carbocycles. The number of benzene rings is 1. The monoisotopic (exact) mass is 404 g/mol. The van der Waals surface area contributed by atoms with Crippen LogP contribution in [0.2, 0.25) is 0 Å². The van der Waals surface area contributed by atoms with Crippen LogP contribution in [0, 0.1) is 5.95 Å². The molecular weight excluding hydrogens is 383 g/mol. The van der Waals surface area contributed by atoms with Gasteiger partial charge in [0.25, 0.3) is 5.91 Å². The second-order valence-electron chi connectivity index (χ2n) is 7.60. The number of hydrogen-bond acceptors (Lipinski definition) is 5. The molecule has 2 aliphatic heterocycles. The van der Waals surface area contributed by atoms with Crippen molar-refractivity contribution in [2.75, 3.05) is 18.8 Å². The highest BCUT2D eigenvalue weighted by atomic mass is 19.1. The van der Waals surface area contributed by atoms with Gasteiger partial charge >= 0.3 is 0 Å². The van der Waals surface area contributed by atoms with Gasteiger partial charge in [0, 0.05) is 42.0 Å². The van der Waals surface area contributed by atoms with Crippen LogP contribution in [0.4, 0.5) is 10.2 Å². The van der Waals surface area contributed by atoms with E-state index in [1.165, 1.54) is 0 Å². The number of hydrogen-bond donors (Lipinski definition) is 3. The smallest absolute Gasteiger partial charge is 0.251 e. The maximum Gasteiger partial charge on any atom is 0.251 e. The van der Waals surface area contributed by atoms with Crippen LogP contribution in [0.15, 0.2) is 42.6 Å². The Kier molecular flexibility index (Phi) is 4.27. The molecule has 8 heteroatoms. The van der Waals surface area contributed by atoms with Gasteiger partial charge in [0.1, 0.15) is 5.82 Å². The standard InChI is InChI=1S/C22H21FN6O/c1-12-11-29-15(5-7-25-12)9-19(28-29)18-10-17(21(24)27-20(18)23)13-2-3-16-14(8-13)4-6-26-22(16)30/h2-3,8-10,25H,1,4-7,11H2,(H2,24,27)(H,26,30). The molecule has 0 aliphatic carbocycles. The van der Waals surface area contributed by atoms with E-state index in [-0.39, 0.29) is 11.7 Å². The van der Waals surface area contributed by atoms with Gasteiger partial charge in [-0.25, -0.2) is 4.98 Å². The van der Waals surface area contributed by atoms with E-state index in [2.05, 4.69) is 27.3 Å². The van der Waals surface area contributed by atoms with Gasteiger partial charge in [-0.15, -0.1) is 0 Å². The van der Waals surface area contributed by atoms with Crippen molar-refractivity contribution in [3.05, 3.63) is 65.4 Å². The van der Waals surface area contributed by atoms with Crippen molar-refractivity contribution in [3.63, 3.8) is 0 Å². The highest BCUT2D eigenvalue weighted by Crippen LogP contribution is 2.33. The molecule has 3 aromatic rings. The number of carbonyl (C=O) groups is 1. The first kappa shape index (κ1) is 18.4. The number of allylic oxidation sites excluding steroid dienone is 1. The van der Waals surface area contributed by atoms with Gasteiger partial charge in [0.15, 0.2) is 0 Å². The Bertz CT molecular complexity index is 1200. The van der Waals surface area contributed by atoms with Gasteiger partial charge in [-0.1, -0.05) is 18.7 Å². The molecule has 0 bridgehead atoms. The lowest BCUT2D eigenvalue weighted by atomic mass is 9.94. The fraction of sp³-hybridized carbons (Fsp3) is 0.227. The summed E-state index contributed by atoms with van der Waals surface area (Å²) in [6.07, 6.45) is 1.51. The van der Waals surface area contributed by atoms with Gasteiger partial charge in [0.05, 0.1) is 17.8 Å². The molecule has 0 fully saturated rings. The lowest BCUT2D eigenvalue weighted by Crippen LogP contribution is -2.31. The number of nitrogens with zero attached hydrogens (tertiary/aromatic N) is 3. The zero-order valence-corrected chi connectivity index (χ0v) is 16.3. The first-order chi connectivity index (χ1) is 14.5. The Labute approximate surface area is 172 Å². The number of halogens is 1. The topological polar surface area (TPSA) is 97.9 Å². The second kappa shape index (κ2) is 6.98. The van der Waals surface area contributed by atoms with Crippen LogP contribution in [0.25, 0.3) is 22.4 Å². The molecule has 7 nitrogen and oxygen atoms in total. The van der Waals surface area contributed by atoms with E-state index in [1.807, 2.05) is 22.9 Å². The Morgan fingerprint density at radius 1 is 1.07 bits per heavy atom. The third-order valence-electron chi connectivity index (χ3n) is 5.58. The molecule has 0 saturated carbocycles. The number of nitrogens with one attached hydrogen (secondary N) is 2. The van der Waals surface area contributed by atoms with E-state index in [1.54, 1.807) is 12.1 Å². The Morgan fingerprint density at radius 2 is 1.90 bits per heavy atom. The maximum atomic E-state index is 14.8. The number of carbonyl (C=O) groups excluding carboxylic acids is 1. The lowest BCUT2D eigenvalue weighted by molar-refractivity contribution is 0.0946. The molecule has 4 heterocycles. The molecule has 0 atom stereocenters. The largest absolute Gasteiger partial charge is 0.387 e. The zero-order valence-electron chi connectivity index (χ0n) is 16.3. The number of anilines is 1. The number of amides is 1. The molecule has 2 aliphatic rings. The maximum absolute atomic E-state index is 14.8. The number of fused-ring (bicyclic) bond motifs is 2. The van der Waals surface area contributed by atoms with Crippen LogP contribution in [0.1, 0.15) is 21.6 Å². The Hall–Kier alpha value is -3.68. The van der Waals surface area contributed by atoms with E-state index < -0.39 is 5.95 Å². The van der Waals surface area contributed by atoms with Crippen LogP contribution >= 0.6 is 0 Å². The highest BCUT2D eigenvalue weighted by Gasteiger charge is 2.21. The minimum atomic E-state index is -0.654. The van der Waals surface area contributed by atoms with E-state index in [4.69, 9.17) is 5.73 Å². The zero-order chi connectivity index (χ0) is 20.8. The van der Waals surface area contributed by atoms with Gasteiger partial charge in [-0.05, 0) is 35.7 Å². The number of aromatic nitrogens is 3. The first-order valence-electron chi connectivity index (χ1n) is 9.86. The van der Waals surface area contributed by atoms with Gasteiger partial charge in [0.2, 0.25) is 5.95 Å². The normalized spacial score (nSPS) is 15.6. The van der Waals surface area contributed by atoms with E-state index in [9.17, 15) is 9.18 Å². The van der Waals surface area contributed by atoms with Crippen molar-refractivity contribution in [2.24, 2.45) is 0 Å². The Morgan fingerprint density at radius 3 is 2.77 bits per heavy atom. The van der Waals surface area contributed by atoms with Gasteiger partial charge < -0.3 is 16.4 Å². The first-order valence-corrected chi connectivity index (χ1v) is 9.86. The summed E-state index contributed by atoms with van der Waals surface area (Å²) in [5.41, 5.74) is 11.8. The summed E-state index contributed by atoms with van der Waals surface area (Å²) in [6, 6.07) is 9.10. The van der Waals surface area contributed by atoms with Crippen molar-refractivity contribution in [2.45, 2.75) is 19.4 Å². The summed E-state index contributed by atoms with van der Waals surface area (Å²) < 4.78 is 16.6. The fourth-order valence-electron chi connectivity index (χ4n) is 4.04. The van der Waals surface area contributed by atoms with Gasteiger partial charge in [-0.2, -0.15) is 9.49 Å². The molecule has 0 unspecified atom stereocenters. The average molecular weight is 404 g/mol. The fourth-order valence-corrected chi connectivity index (χ4v) is 4.04. The molecule has 0 saturated heterocycles. The van der Waals surface area contributed by atoms with Crippen LogP contribution in [0.3, 0.4) is 0 Å². The SMILES string of the molecule is C=C1Cn2nc(-c3cc(-c4ccc5c(c4)CCNC5=O)c(N)nc3F)cc2CCN1. The van der Waals surface area contributed by atoms with Crippen molar-refractivity contribution in [1.82, 2.24) is 25.4 Å². The molecule has 5 rings (SSSR count). The highest BCUT2D eigenvalue weighted by molar-refractivity contribution is 5.97. The van der Waals surface area contributed by atoms with Crippen LogP contribution < -0.4 is 16.4 Å². The molecule has 152 valence electrons. The summed E-state index contributed by atoms with van der Waals surface area (Å²) in [7, 11) is 0. The molecule has 1 amide bonds. The van der Waals surface area contributed by atoms with E-state index >= 15 is 0 Å². The second-order valence-corrected chi connectivity index (χ2v) is 7.60. The van der Waals surface area contributed by atoms with Crippen LogP contribution in [0.5, 0.6) is 0 Å². The molecule has 30 heavy (non-hydrogen) atoms. The number of rotatable bonds is 2. The average Bonchev–Trinajstić information content (AvgIpc) is 3.01. The predicted molar refractivity (Wildman–Crippen MR) is 112 cm³/mol. The minimum Gasteiger partial charge on any atom is -0.387 e. The van der Waals surface area contributed by atoms with E-state index in [0.29, 0.717) is 35.5 Å². The molecule has 0 radical (unpaired) electrons. The van der Waals surface area contributed by atoms with Crippen molar-refractivity contribution < 1.29 is 9.18 Å². The number of pyridine rings is 1. The van der Waals surface area contributed by atoms with Crippen LogP contribution in [-0.4, -0.2) is 33.8 Å². The van der Waals surface area contributed by atoms with Crippen molar-refractivity contribution in [1.29, 1.82) is 0 Å². The third kappa shape index (κ3) is 3.10. The Balaban J connectivity index is 1.58. The number of nitrogens with two attached hydrogens (primary N) is 1. The van der Waals surface area contributed by atoms with Crippen LogP contribution in [-0.2, 0) is 19.4 Å². The van der Waals surface area contributed by atoms with E-state index in [0.717, 1.165) is 41.9 Å². The molecular formula is C22H21FN6O. The van der Waals surface area contributed by atoms with Crippen molar-refractivity contribution in [3.8, 4) is 22.4 Å². The summed E-state index contributed by atoms with van der Waals surface area (Å²) >= 11 is 0. The molecule has 2 aromatic heterocycles. The number of nitrogen functional groups attached to an aromatic ring is 1. The minimum absolute atomic E-state index is 0.0794. The lowest BCUT2D eigenvalue weighted by Gasteiger charge is -2.18. The van der Waals surface area contributed by atoms with Crippen molar-refractivity contribution >= 4 is 11.7 Å². The summed E-state index contributed by atoms with van der Waals surface area (Å²) in [4.78, 5) is 16.0. The quantitative estimate of drug-likeness (QED) is 0.570. The van der Waals surface area contributed by atoms with Gasteiger partial charge in [-0.3, -0.25) is 9.48 Å². The third-order valence-corrected chi connectivity index (χ3v) is 5.58. The molecule has 0 spiro atoms. The summed E-state index contributed by atoms with van der Waals surface area (Å²) in [6.45, 7) is 5.88. The summed E-state index contributed by atoms with van der Waals surface area (Å²) in [5, 5.41) is 10.6.